The van der Waals surface area contributed by atoms with Gasteiger partial charge in [0, 0.05) is 0 Å². The highest BCUT2D eigenvalue weighted by atomic mass is 16.5. The van der Waals surface area contributed by atoms with E-state index in [0.29, 0.717) is 11.5 Å². The Kier molecular flexibility index (Phi) is 2.75. The lowest BCUT2D eigenvalue weighted by molar-refractivity contribution is 0.435. The molecule has 1 aromatic carbocycles. The number of hydrogen-bond acceptors (Lipinski definition) is 2. The molecule has 0 saturated heterocycles. The van der Waals surface area contributed by atoms with Gasteiger partial charge in [-0.3, -0.25) is 0 Å². The summed E-state index contributed by atoms with van der Waals surface area (Å²) >= 11 is 0. The highest BCUT2D eigenvalue weighted by Gasteiger charge is 1.98. The minimum absolute atomic E-state index is 0.216. The van der Waals surface area contributed by atoms with Crippen LogP contribution in [-0.2, 0) is 0 Å². The van der Waals surface area contributed by atoms with E-state index >= 15 is 0 Å². The third kappa shape index (κ3) is 2.67. The third-order valence-corrected chi connectivity index (χ3v) is 1.55. The van der Waals surface area contributed by atoms with Crippen molar-refractivity contribution in [3.63, 3.8) is 0 Å². The number of allylic oxidation sites excluding steroid dienone is 1. The van der Waals surface area contributed by atoms with E-state index in [2.05, 4.69) is 13.2 Å². The van der Waals surface area contributed by atoms with Crippen molar-refractivity contribution in [2.24, 2.45) is 0 Å². The normalized spacial score (nSPS) is 9.31. The predicted octanol–water partition coefficient (Wildman–Crippen LogP) is 2.86. The fourth-order valence-corrected chi connectivity index (χ4v) is 0.744. The summed E-state index contributed by atoms with van der Waals surface area (Å²) in [5.41, 5.74) is 0.785. The number of phenolic OH excluding ortho intramolecular Hbond substituents is 1. The average molecular weight is 176 g/mol. The van der Waals surface area contributed by atoms with Crippen LogP contribution in [0.5, 0.6) is 11.5 Å². The Balaban J connectivity index is 2.70. The second kappa shape index (κ2) is 3.81. The molecule has 0 aliphatic heterocycles. The Morgan fingerprint density at radius 1 is 1.23 bits per heavy atom. The topological polar surface area (TPSA) is 29.5 Å². The second-order valence-corrected chi connectivity index (χ2v) is 2.80. The summed E-state index contributed by atoms with van der Waals surface area (Å²) in [6, 6.07) is 6.45. The summed E-state index contributed by atoms with van der Waals surface area (Å²) in [4.78, 5) is 0. The van der Waals surface area contributed by atoms with Crippen molar-refractivity contribution in [2.45, 2.75) is 6.92 Å². The van der Waals surface area contributed by atoms with Crippen LogP contribution in [0.1, 0.15) is 6.92 Å². The maximum atomic E-state index is 9.00. The number of benzene rings is 1. The molecule has 2 heteroatoms. The lowest BCUT2D eigenvalue weighted by Crippen LogP contribution is -1.93. The van der Waals surface area contributed by atoms with Gasteiger partial charge in [0.05, 0.1) is 0 Å². The molecule has 68 valence electrons. The van der Waals surface area contributed by atoms with E-state index in [4.69, 9.17) is 9.84 Å². The fraction of sp³-hybridized carbons (Fsp3) is 0.0909. The third-order valence-electron chi connectivity index (χ3n) is 1.55. The van der Waals surface area contributed by atoms with Crippen LogP contribution in [-0.4, -0.2) is 5.11 Å². The van der Waals surface area contributed by atoms with Crippen molar-refractivity contribution < 1.29 is 9.84 Å². The number of hydrogen-bond donors (Lipinski definition) is 1. The lowest BCUT2D eigenvalue weighted by Gasteiger charge is -2.07. The monoisotopic (exact) mass is 176 g/mol. The van der Waals surface area contributed by atoms with E-state index in [-0.39, 0.29) is 5.75 Å². The highest BCUT2D eigenvalue weighted by molar-refractivity contribution is 5.33. The predicted molar refractivity (Wildman–Crippen MR) is 52.7 cm³/mol. The smallest absolute Gasteiger partial charge is 0.127 e. The van der Waals surface area contributed by atoms with Crippen LogP contribution in [0, 0.1) is 0 Å². The molecule has 0 bridgehead atoms. The Bertz CT molecular complexity index is 322. The van der Waals surface area contributed by atoms with Crippen molar-refractivity contribution in [3.8, 4) is 11.5 Å². The van der Waals surface area contributed by atoms with Gasteiger partial charge in [0.15, 0.2) is 0 Å². The molecular weight excluding hydrogens is 164 g/mol. The zero-order chi connectivity index (χ0) is 9.84. The molecule has 1 rings (SSSR count). The minimum atomic E-state index is 0.216. The highest BCUT2D eigenvalue weighted by Crippen LogP contribution is 2.19. The van der Waals surface area contributed by atoms with Gasteiger partial charge in [-0.05, 0) is 36.8 Å². The molecule has 0 amide bonds. The standard InChI is InChI=1S/C11H12O2/c1-8(2)9(3)13-11-6-4-10(12)5-7-11/h4-7,12H,1,3H2,2H3. The van der Waals surface area contributed by atoms with Gasteiger partial charge in [0.1, 0.15) is 17.3 Å². The molecule has 1 aromatic rings. The average Bonchev–Trinajstić information content (AvgIpc) is 2.08. The number of phenols is 1. The van der Waals surface area contributed by atoms with Gasteiger partial charge in [0.25, 0.3) is 0 Å². The van der Waals surface area contributed by atoms with E-state index in [1.165, 1.54) is 0 Å². The Morgan fingerprint density at radius 2 is 1.77 bits per heavy atom. The summed E-state index contributed by atoms with van der Waals surface area (Å²) in [6.07, 6.45) is 0. The molecule has 13 heavy (non-hydrogen) atoms. The van der Waals surface area contributed by atoms with E-state index in [9.17, 15) is 0 Å². The van der Waals surface area contributed by atoms with E-state index in [1.807, 2.05) is 6.92 Å². The molecule has 0 aromatic heterocycles. The zero-order valence-corrected chi connectivity index (χ0v) is 7.58. The molecule has 2 nitrogen and oxygen atoms in total. The molecule has 0 unspecified atom stereocenters. The van der Waals surface area contributed by atoms with E-state index < -0.39 is 0 Å². The molecule has 0 aliphatic rings. The lowest BCUT2D eigenvalue weighted by atomic mass is 10.3. The molecular formula is C11H12O2. The van der Waals surface area contributed by atoms with Crippen LogP contribution in [0.4, 0.5) is 0 Å². The van der Waals surface area contributed by atoms with Crippen molar-refractivity contribution >= 4 is 0 Å². The van der Waals surface area contributed by atoms with Crippen molar-refractivity contribution in [3.05, 3.63) is 48.8 Å². The van der Waals surface area contributed by atoms with Crippen molar-refractivity contribution in [1.29, 1.82) is 0 Å². The maximum Gasteiger partial charge on any atom is 0.127 e. The summed E-state index contributed by atoms with van der Waals surface area (Å²) in [6.45, 7) is 9.20. The van der Waals surface area contributed by atoms with Crippen LogP contribution >= 0.6 is 0 Å². The molecule has 1 N–H and O–H groups in total. The molecule has 0 aliphatic carbocycles. The van der Waals surface area contributed by atoms with Crippen molar-refractivity contribution in [1.82, 2.24) is 0 Å². The van der Waals surface area contributed by atoms with Gasteiger partial charge in [-0.15, -0.1) is 0 Å². The van der Waals surface area contributed by atoms with Crippen LogP contribution in [0.15, 0.2) is 48.8 Å². The van der Waals surface area contributed by atoms with Crippen LogP contribution in [0.2, 0.25) is 0 Å². The quantitative estimate of drug-likeness (QED) is 0.566. The van der Waals surface area contributed by atoms with Crippen LogP contribution < -0.4 is 4.74 Å². The first kappa shape index (κ1) is 9.39. The first-order valence-electron chi connectivity index (χ1n) is 3.91. The van der Waals surface area contributed by atoms with Gasteiger partial charge in [0.2, 0.25) is 0 Å². The number of ether oxygens (including phenoxy) is 1. The van der Waals surface area contributed by atoms with Gasteiger partial charge >= 0.3 is 0 Å². The molecule has 0 radical (unpaired) electrons. The first-order valence-corrected chi connectivity index (χ1v) is 3.91. The Hall–Kier alpha value is -1.70. The van der Waals surface area contributed by atoms with Gasteiger partial charge in [-0.25, -0.2) is 0 Å². The number of aromatic hydroxyl groups is 1. The molecule has 0 atom stereocenters. The number of rotatable bonds is 3. The second-order valence-electron chi connectivity index (χ2n) is 2.80. The zero-order valence-electron chi connectivity index (χ0n) is 7.58. The first-order chi connectivity index (χ1) is 6.09. The van der Waals surface area contributed by atoms with E-state index in [1.54, 1.807) is 24.3 Å². The maximum absolute atomic E-state index is 9.00. The molecule has 0 heterocycles. The summed E-state index contributed by atoms with van der Waals surface area (Å²) < 4.78 is 5.33. The summed E-state index contributed by atoms with van der Waals surface area (Å²) in [5, 5.41) is 9.00. The Labute approximate surface area is 77.8 Å². The molecule has 0 fully saturated rings. The minimum Gasteiger partial charge on any atom is -0.508 e. The van der Waals surface area contributed by atoms with Gasteiger partial charge in [-0.2, -0.15) is 0 Å². The van der Waals surface area contributed by atoms with Crippen LogP contribution in [0.25, 0.3) is 0 Å². The SMILES string of the molecule is C=C(C)C(=C)Oc1ccc(O)cc1. The van der Waals surface area contributed by atoms with Crippen LogP contribution in [0.3, 0.4) is 0 Å². The Morgan fingerprint density at radius 3 is 2.23 bits per heavy atom. The summed E-state index contributed by atoms with van der Waals surface area (Å²) in [5.74, 6) is 1.39. The molecule has 0 spiro atoms. The van der Waals surface area contributed by atoms with Crippen molar-refractivity contribution in [2.75, 3.05) is 0 Å². The van der Waals surface area contributed by atoms with E-state index in [0.717, 1.165) is 5.57 Å². The fourth-order valence-electron chi connectivity index (χ4n) is 0.744. The largest absolute Gasteiger partial charge is 0.508 e. The summed E-state index contributed by atoms with van der Waals surface area (Å²) in [7, 11) is 0. The van der Waals surface area contributed by atoms with Gasteiger partial charge < -0.3 is 9.84 Å². The van der Waals surface area contributed by atoms with Gasteiger partial charge in [-0.1, -0.05) is 13.2 Å². The molecule has 0 saturated carbocycles.